The van der Waals surface area contributed by atoms with Gasteiger partial charge in [0.1, 0.15) is 18.2 Å². The maximum Gasteiger partial charge on any atom is 0.307 e. The number of benzene rings is 3. The smallest absolute Gasteiger partial charge is 0.307 e. The number of carbonyl (C=O) groups is 1. The number of aliphatic carboxylic acids is 1. The average Bonchev–Trinajstić information content (AvgIpc) is 2.73. The maximum absolute atomic E-state index is 15.1. The molecule has 0 aromatic heterocycles. The second-order valence-corrected chi connectivity index (χ2v) is 7.44. The average molecular weight is 423 g/mol. The summed E-state index contributed by atoms with van der Waals surface area (Å²) < 4.78 is 26.3. The van der Waals surface area contributed by atoms with Crippen molar-refractivity contribution in [2.75, 3.05) is 7.11 Å². The first kappa shape index (κ1) is 22.5. The molecule has 0 aliphatic heterocycles. The van der Waals surface area contributed by atoms with Gasteiger partial charge in [0.2, 0.25) is 0 Å². The fourth-order valence-corrected chi connectivity index (χ4v) is 3.49. The van der Waals surface area contributed by atoms with Crippen LogP contribution in [0.5, 0.6) is 5.75 Å². The molecule has 0 radical (unpaired) electrons. The minimum Gasteiger partial charge on any atom is -0.489 e. The van der Waals surface area contributed by atoms with Crippen LogP contribution in [0.1, 0.15) is 35.2 Å². The van der Waals surface area contributed by atoms with Gasteiger partial charge in [-0.25, -0.2) is 4.39 Å². The van der Waals surface area contributed by atoms with Gasteiger partial charge in [0.25, 0.3) is 0 Å². The Morgan fingerprint density at radius 1 is 1.06 bits per heavy atom. The highest BCUT2D eigenvalue weighted by molar-refractivity contribution is 5.71. The van der Waals surface area contributed by atoms with Crippen LogP contribution in [0.25, 0.3) is 11.1 Å². The zero-order valence-electron chi connectivity index (χ0n) is 17.6. The van der Waals surface area contributed by atoms with Crippen molar-refractivity contribution >= 4 is 5.97 Å². The van der Waals surface area contributed by atoms with Gasteiger partial charge in [0, 0.05) is 29.8 Å². The van der Waals surface area contributed by atoms with Crippen molar-refractivity contribution in [2.45, 2.75) is 32.6 Å². The predicted molar refractivity (Wildman–Crippen MR) is 117 cm³/mol. The molecule has 0 aliphatic carbocycles. The van der Waals surface area contributed by atoms with Gasteiger partial charge in [-0.2, -0.15) is 0 Å². The molecule has 162 valence electrons. The van der Waals surface area contributed by atoms with Gasteiger partial charge < -0.3 is 20.3 Å². The molecule has 0 spiro atoms. The van der Waals surface area contributed by atoms with E-state index in [1.807, 2.05) is 18.2 Å². The largest absolute Gasteiger partial charge is 0.489 e. The summed E-state index contributed by atoms with van der Waals surface area (Å²) >= 11 is 0. The van der Waals surface area contributed by atoms with Crippen LogP contribution in [0.15, 0.2) is 60.7 Å². The Labute approximate surface area is 181 Å². The van der Waals surface area contributed by atoms with Crippen molar-refractivity contribution in [3.63, 3.8) is 0 Å². The summed E-state index contributed by atoms with van der Waals surface area (Å²) in [5.74, 6) is -0.760. The molecule has 3 aromatic rings. The van der Waals surface area contributed by atoms with Crippen LogP contribution >= 0.6 is 0 Å². The number of nitrogens with two attached hydrogens (primary N) is 1. The van der Waals surface area contributed by atoms with Gasteiger partial charge in [-0.05, 0) is 41.8 Å². The highest BCUT2D eigenvalue weighted by Gasteiger charge is 2.14. The highest BCUT2D eigenvalue weighted by Crippen LogP contribution is 2.30. The molecule has 5 nitrogen and oxygen atoms in total. The fraction of sp³-hybridized carbons (Fsp3) is 0.240. The molecule has 6 heteroatoms. The molecule has 0 heterocycles. The lowest BCUT2D eigenvalue weighted by molar-refractivity contribution is -0.136. The van der Waals surface area contributed by atoms with E-state index in [0.29, 0.717) is 34.6 Å². The summed E-state index contributed by atoms with van der Waals surface area (Å²) in [6.07, 6.45) is -0.125. The Hall–Kier alpha value is -3.22. The van der Waals surface area contributed by atoms with E-state index < -0.39 is 12.0 Å². The van der Waals surface area contributed by atoms with Gasteiger partial charge >= 0.3 is 5.97 Å². The summed E-state index contributed by atoms with van der Waals surface area (Å²) in [5, 5.41) is 9.11. The number of hydrogen-bond acceptors (Lipinski definition) is 4. The Balaban J connectivity index is 1.94. The van der Waals surface area contributed by atoms with Crippen LogP contribution in [0.4, 0.5) is 4.39 Å². The number of hydrogen-bond donors (Lipinski definition) is 2. The zero-order chi connectivity index (χ0) is 22.4. The summed E-state index contributed by atoms with van der Waals surface area (Å²) in [7, 11) is 1.60. The standard InChI is InChI=1S/C25H26FNO4/c1-16(27)21-7-5-8-22(25(21)26)20-11-17(14-30-2)10-18(12-20)15-31-23-9-4-3-6-19(23)13-24(28)29/h3-12,16H,13-15,27H2,1-2H3,(H,28,29)/t16-/m1/s1. The molecule has 0 unspecified atom stereocenters. The quantitative estimate of drug-likeness (QED) is 0.513. The molecule has 0 fully saturated rings. The van der Waals surface area contributed by atoms with Crippen LogP contribution in [-0.2, 0) is 29.2 Å². The second kappa shape index (κ2) is 10.2. The minimum absolute atomic E-state index is 0.125. The van der Waals surface area contributed by atoms with Gasteiger partial charge in [-0.15, -0.1) is 0 Å². The lowest BCUT2D eigenvalue weighted by Gasteiger charge is -2.15. The first-order valence-corrected chi connectivity index (χ1v) is 9.97. The van der Waals surface area contributed by atoms with E-state index in [-0.39, 0.29) is 18.8 Å². The SMILES string of the molecule is COCc1cc(COc2ccccc2CC(=O)O)cc(-c2cccc([C@@H](C)N)c2F)c1. The molecule has 0 saturated heterocycles. The number of carboxylic acid groups (broad SMARTS) is 1. The molecule has 0 amide bonds. The van der Waals surface area contributed by atoms with Crippen LogP contribution in [0.2, 0.25) is 0 Å². The van der Waals surface area contributed by atoms with Gasteiger partial charge in [0.15, 0.2) is 0 Å². The van der Waals surface area contributed by atoms with Crippen molar-refractivity contribution in [1.82, 2.24) is 0 Å². The van der Waals surface area contributed by atoms with E-state index in [1.165, 1.54) is 0 Å². The number of halogens is 1. The van der Waals surface area contributed by atoms with Crippen LogP contribution < -0.4 is 10.5 Å². The van der Waals surface area contributed by atoms with E-state index in [9.17, 15) is 4.79 Å². The summed E-state index contributed by atoms with van der Waals surface area (Å²) in [5.41, 5.74) is 9.81. The maximum atomic E-state index is 15.1. The molecule has 3 N–H and O–H groups in total. The van der Waals surface area contributed by atoms with Crippen molar-refractivity contribution in [2.24, 2.45) is 5.73 Å². The third-order valence-electron chi connectivity index (χ3n) is 4.90. The molecule has 31 heavy (non-hydrogen) atoms. The van der Waals surface area contributed by atoms with Crippen molar-refractivity contribution in [3.05, 3.63) is 88.7 Å². The van der Waals surface area contributed by atoms with Crippen LogP contribution in [0.3, 0.4) is 0 Å². The topological polar surface area (TPSA) is 81.8 Å². The molecule has 1 atom stereocenters. The first-order valence-electron chi connectivity index (χ1n) is 9.97. The van der Waals surface area contributed by atoms with Gasteiger partial charge in [-0.3, -0.25) is 4.79 Å². The molecule has 0 aliphatic rings. The number of para-hydroxylation sites is 1. The lowest BCUT2D eigenvalue weighted by atomic mass is 9.96. The number of rotatable bonds is 9. The molecule has 3 rings (SSSR count). The Morgan fingerprint density at radius 2 is 1.77 bits per heavy atom. The number of ether oxygens (including phenoxy) is 2. The normalized spacial score (nSPS) is 11.9. The molecule has 0 saturated carbocycles. The number of carboxylic acids is 1. The second-order valence-electron chi connectivity index (χ2n) is 7.44. The van der Waals surface area contributed by atoms with Crippen molar-refractivity contribution < 1.29 is 23.8 Å². The first-order chi connectivity index (χ1) is 14.9. The molecule has 3 aromatic carbocycles. The third-order valence-corrected chi connectivity index (χ3v) is 4.90. The summed E-state index contributed by atoms with van der Waals surface area (Å²) in [6.45, 7) is 2.32. The van der Waals surface area contributed by atoms with E-state index >= 15 is 4.39 Å². The Morgan fingerprint density at radius 3 is 2.45 bits per heavy atom. The van der Waals surface area contributed by atoms with Crippen molar-refractivity contribution in [1.29, 1.82) is 0 Å². The zero-order valence-corrected chi connectivity index (χ0v) is 17.6. The molecular weight excluding hydrogens is 397 g/mol. The monoisotopic (exact) mass is 423 g/mol. The van der Waals surface area contributed by atoms with E-state index in [2.05, 4.69) is 0 Å². The van der Waals surface area contributed by atoms with E-state index in [4.69, 9.17) is 20.3 Å². The third kappa shape index (κ3) is 5.69. The Kier molecular flexibility index (Phi) is 7.39. The van der Waals surface area contributed by atoms with Crippen molar-refractivity contribution in [3.8, 4) is 16.9 Å². The van der Waals surface area contributed by atoms with Gasteiger partial charge in [-0.1, -0.05) is 42.5 Å². The minimum atomic E-state index is -0.926. The molecular formula is C25H26FNO4. The van der Waals surface area contributed by atoms with E-state index in [1.54, 1.807) is 56.5 Å². The molecule has 0 bridgehead atoms. The highest BCUT2D eigenvalue weighted by atomic mass is 19.1. The van der Waals surface area contributed by atoms with E-state index in [0.717, 1.165) is 11.1 Å². The predicted octanol–water partition coefficient (Wildman–Crippen LogP) is 4.86. The van der Waals surface area contributed by atoms with Gasteiger partial charge in [0.05, 0.1) is 13.0 Å². The number of methoxy groups -OCH3 is 1. The Bertz CT molecular complexity index is 1070. The van der Waals surface area contributed by atoms with Crippen LogP contribution in [0, 0.1) is 5.82 Å². The lowest BCUT2D eigenvalue weighted by Crippen LogP contribution is -2.08. The summed E-state index contributed by atoms with van der Waals surface area (Å²) in [6, 6.07) is 17.5. The summed E-state index contributed by atoms with van der Waals surface area (Å²) in [4.78, 5) is 11.1. The van der Waals surface area contributed by atoms with Crippen LogP contribution in [-0.4, -0.2) is 18.2 Å². The fourth-order valence-electron chi connectivity index (χ4n) is 3.49.